The molecule has 1 aliphatic heterocycles. The Bertz CT molecular complexity index is 538. The predicted octanol–water partition coefficient (Wildman–Crippen LogP) is 2.89. The molecular weight excluding hydrogens is 294 g/mol. The number of carbonyl (C=O) groups excluding carboxylic acids is 2. The third-order valence-corrected chi connectivity index (χ3v) is 4.05. The fraction of sp³-hybridized carbons (Fsp3) is 0.556. The van der Waals surface area contributed by atoms with E-state index in [0.717, 1.165) is 18.6 Å². The van der Waals surface area contributed by atoms with Crippen molar-refractivity contribution in [2.24, 2.45) is 5.92 Å². The average Bonchev–Trinajstić information content (AvgIpc) is 3.03. The monoisotopic (exact) mass is 319 g/mol. The lowest BCUT2D eigenvalue weighted by atomic mass is 10.1. The molecule has 0 N–H and O–H groups in total. The summed E-state index contributed by atoms with van der Waals surface area (Å²) in [5.41, 5.74) is 0.567. The van der Waals surface area contributed by atoms with Crippen LogP contribution in [0.3, 0.4) is 0 Å². The lowest BCUT2D eigenvalue weighted by molar-refractivity contribution is -0.145. The Morgan fingerprint density at radius 2 is 1.96 bits per heavy atom. The molecule has 23 heavy (non-hydrogen) atoms. The van der Waals surface area contributed by atoms with Gasteiger partial charge in [-0.2, -0.15) is 0 Å². The van der Waals surface area contributed by atoms with Crippen molar-refractivity contribution in [2.75, 3.05) is 20.3 Å². The van der Waals surface area contributed by atoms with Crippen molar-refractivity contribution < 1.29 is 19.1 Å². The first kappa shape index (κ1) is 17.3. The number of hydrogen-bond donors (Lipinski definition) is 0. The Morgan fingerprint density at radius 1 is 1.26 bits per heavy atom. The third kappa shape index (κ3) is 4.47. The standard InChI is InChI=1S/C18H25NO4/c1-13(2)10-12-23-15-8-6-14(7-9-15)17(20)19-11-4-5-16(19)18(21)22-3/h6-9,13,16H,4-5,10-12H2,1-3H3/t16-/m0/s1. The van der Waals surface area contributed by atoms with Gasteiger partial charge in [0.2, 0.25) is 0 Å². The van der Waals surface area contributed by atoms with Crippen molar-refractivity contribution in [3.8, 4) is 5.75 Å². The highest BCUT2D eigenvalue weighted by molar-refractivity contribution is 5.97. The van der Waals surface area contributed by atoms with Crippen LogP contribution >= 0.6 is 0 Å². The van der Waals surface area contributed by atoms with Gasteiger partial charge in [0.1, 0.15) is 11.8 Å². The second kappa shape index (κ2) is 7.99. The van der Waals surface area contributed by atoms with Crippen LogP contribution in [0.15, 0.2) is 24.3 Å². The van der Waals surface area contributed by atoms with Gasteiger partial charge in [0.05, 0.1) is 13.7 Å². The molecule has 0 unspecified atom stereocenters. The van der Waals surface area contributed by atoms with Gasteiger partial charge in [-0.15, -0.1) is 0 Å². The van der Waals surface area contributed by atoms with Crippen molar-refractivity contribution in [2.45, 2.75) is 39.2 Å². The number of likely N-dealkylation sites (tertiary alicyclic amines) is 1. The SMILES string of the molecule is COC(=O)[C@@H]1CCCN1C(=O)c1ccc(OCCC(C)C)cc1. The van der Waals surface area contributed by atoms with E-state index in [1.165, 1.54) is 7.11 Å². The van der Waals surface area contributed by atoms with Crippen LogP contribution in [-0.2, 0) is 9.53 Å². The predicted molar refractivity (Wildman–Crippen MR) is 87.5 cm³/mol. The third-order valence-electron chi connectivity index (χ3n) is 4.05. The minimum atomic E-state index is -0.463. The summed E-state index contributed by atoms with van der Waals surface area (Å²) in [6, 6.07) is 6.64. The summed E-state index contributed by atoms with van der Waals surface area (Å²) >= 11 is 0. The molecule has 1 aromatic carbocycles. The van der Waals surface area contributed by atoms with Crippen LogP contribution in [0.1, 0.15) is 43.5 Å². The van der Waals surface area contributed by atoms with E-state index in [1.54, 1.807) is 29.2 Å². The number of nitrogens with zero attached hydrogens (tertiary/aromatic N) is 1. The fourth-order valence-electron chi connectivity index (χ4n) is 2.66. The van der Waals surface area contributed by atoms with Crippen molar-refractivity contribution in [3.63, 3.8) is 0 Å². The van der Waals surface area contributed by atoms with E-state index >= 15 is 0 Å². The summed E-state index contributed by atoms with van der Waals surface area (Å²) in [6.45, 7) is 5.56. The number of benzene rings is 1. The molecule has 0 spiro atoms. The average molecular weight is 319 g/mol. The van der Waals surface area contributed by atoms with Gasteiger partial charge in [-0.05, 0) is 49.4 Å². The van der Waals surface area contributed by atoms with Gasteiger partial charge in [-0.3, -0.25) is 4.79 Å². The Hall–Kier alpha value is -2.04. The van der Waals surface area contributed by atoms with Gasteiger partial charge in [0.15, 0.2) is 0 Å². The van der Waals surface area contributed by atoms with Crippen molar-refractivity contribution in [3.05, 3.63) is 29.8 Å². The van der Waals surface area contributed by atoms with Gasteiger partial charge in [0.25, 0.3) is 5.91 Å². The highest BCUT2D eigenvalue weighted by Crippen LogP contribution is 2.22. The molecule has 0 aromatic heterocycles. The summed E-state index contributed by atoms with van der Waals surface area (Å²) in [5.74, 6) is 0.880. The number of esters is 1. The molecule has 0 aliphatic carbocycles. The van der Waals surface area contributed by atoms with E-state index in [2.05, 4.69) is 13.8 Å². The van der Waals surface area contributed by atoms with Crippen LogP contribution in [0.2, 0.25) is 0 Å². The molecule has 1 atom stereocenters. The van der Waals surface area contributed by atoms with Gasteiger partial charge >= 0.3 is 5.97 Å². The van der Waals surface area contributed by atoms with Gasteiger partial charge in [0, 0.05) is 12.1 Å². The molecule has 126 valence electrons. The van der Waals surface area contributed by atoms with Gasteiger partial charge in [-0.25, -0.2) is 4.79 Å². The van der Waals surface area contributed by atoms with Crippen LogP contribution in [0.5, 0.6) is 5.75 Å². The minimum absolute atomic E-state index is 0.133. The molecule has 5 nitrogen and oxygen atoms in total. The first-order valence-corrected chi connectivity index (χ1v) is 8.14. The second-order valence-corrected chi connectivity index (χ2v) is 6.24. The number of methoxy groups -OCH3 is 1. The van der Waals surface area contributed by atoms with E-state index in [-0.39, 0.29) is 11.9 Å². The van der Waals surface area contributed by atoms with E-state index in [0.29, 0.717) is 31.1 Å². The Balaban J connectivity index is 1.98. The molecule has 1 amide bonds. The zero-order valence-corrected chi connectivity index (χ0v) is 14.1. The van der Waals surface area contributed by atoms with E-state index in [1.807, 2.05) is 0 Å². The van der Waals surface area contributed by atoms with Crippen LogP contribution < -0.4 is 4.74 Å². The maximum absolute atomic E-state index is 12.6. The normalized spacial score (nSPS) is 17.4. The second-order valence-electron chi connectivity index (χ2n) is 6.24. The van der Waals surface area contributed by atoms with Crippen LogP contribution in [0.4, 0.5) is 0 Å². The Labute approximate surface area is 137 Å². The Morgan fingerprint density at radius 3 is 2.57 bits per heavy atom. The lowest BCUT2D eigenvalue weighted by Gasteiger charge is -2.22. The van der Waals surface area contributed by atoms with Gasteiger partial charge in [-0.1, -0.05) is 13.8 Å². The molecule has 0 radical (unpaired) electrons. The zero-order valence-electron chi connectivity index (χ0n) is 14.1. The molecule has 2 rings (SSSR count). The summed E-state index contributed by atoms with van der Waals surface area (Å²) in [4.78, 5) is 25.9. The van der Waals surface area contributed by atoms with Crippen LogP contribution in [-0.4, -0.2) is 43.1 Å². The number of amides is 1. The zero-order chi connectivity index (χ0) is 16.8. The topological polar surface area (TPSA) is 55.8 Å². The summed E-state index contributed by atoms with van der Waals surface area (Å²) in [5, 5.41) is 0. The fourth-order valence-corrected chi connectivity index (χ4v) is 2.66. The van der Waals surface area contributed by atoms with E-state index in [9.17, 15) is 9.59 Å². The van der Waals surface area contributed by atoms with Crippen molar-refractivity contribution in [1.82, 2.24) is 4.90 Å². The van der Waals surface area contributed by atoms with Crippen LogP contribution in [0.25, 0.3) is 0 Å². The Kier molecular flexibility index (Phi) is 6.02. The van der Waals surface area contributed by atoms with Crippen molar-refractivity contribution in [1.29, 1.82) is 0 Å². The molecule has 1 aliphatic rings. The number of carbonyl (C=O) groups is 2. The quantitative estimate of drug-likeness (QED) is 0.757. The molecular formula is C18H25NO4. The number of ether oxygens (including phenoxy) is 2. The summed E-state index contributed by atoms with van der Waals surface area (Å²) < 4.78 is 10.4. The van der Waals surface area contributed by atoms with E-state index in [4.69, 9.17) is 9.47 Å². The highest BCUT2D eigenvalue weighted by atomic mass is 16.5. The summed E-state index contributed by atoms with van der Waals surface area (Å²) in [6.07, 6.45) is 2.48. The molecule has 1 aromatic rings. The maximum Gasteiger partial charge on any atom is 0.328 e. The highest BCUT2D eigenvalue weighted by Gasteiger charge is 2.35. The molecule has 0 saturated carbocycles. The molecule has 1 fully saturated rings. The first-order valence-electron chi connectivity index (χ1n) is 8.14. The first-order chi connectivity index (χ1) is 11.0. The molecule has 0 bridgehead atoms. The molecule has 1 saturated heterocycles. The summed E-state index contributed by atoms with van der Waals surface area (Å²) in [7, 11) is 1.35. The lowest BCUT2D eigenvalue weighted by Crippen LogP contribution is -2.41. The van der Waals surface area contributed by atoms with Crippen LogP contribution in [0, 0.1) is 5.92 Å². The largest absolute Gasteiger partial charge is 0.494 e. The smallest absolute Gasteiger partial charge is 0.328 e. The van der Waals surface area contributed by atoms with Crippen molar-refractivity contribution >= 4 is 11.9 Å². The molecule has 5 heteroatoms. The minimum Gasteiger partial charge on any atom is -0.494 e. The van der Waals surface area contributed by atoms with Gasteiger partial charge < -0.3 is 14.4 Å². The van der Waals surface area contributed by atoms with E-state index < -0.39 is 6.04 Å². The number of rotatable bonds is 6. The number of hydrogen-bond acceptors (Lipinski definition) is 4. The maximum atomic E-state index is 12.6. The molecule has 1 heterocycles.